The third-order valence-corrected chi connectivity index (χ3v) is 3.07. The Labute approximate surface area is 127 Å². The van der Waals surface area contributed by atoms with E-state index in [1.165, 1.54) is 6.92 Å². The zero-order valence-corrected chi connectivity index (χ0v) is 13.2. The zero-order valence-electron chi connectivity index (χ0n) is 11.6. The van der Waals surface area contributed by atoms with Gasteiger partial charge in [0.05, 0.1) is 6.61 Å². The molecule has 6 heteroatoms. The molecular formula is C14H19BrN2O3. The average Bonchev–Trinajstić information content (AvgIpc) is 2.39. The fourth-order valence-electron chi connectivity index (χ4n) is 1.60. The molecule has 1 atom stereocenters. The second kappa shape index (κ2) is 8.84. The summed E-state index contributed by atoms with van der Waals surface area (Å²) in [6.45, 7) is 4.02. The molecule has 1 rings (SSSR count). The van der Waals surface area contributed by atoms with Gasteiger partial charge in [-0.2, -0.15) is 0 Å². The Morgan fingerprint density at radius 2 is 1.95 bits per heavy atom. The quantitative estimate of drug-likeness (QED) is 0.558. The third-order valence-electron chi connectivity index (χ3n) is 2.54. The molecule has 0 heterocycles. The first-order chi connectivity index (χ1) is 9.52. The minimum absolute atomic E-state index is 0.0685. The van der Waals surface area contributed by atoms with Gasteiger partial charge in [0.1, 0.15) is 11.8 Å². The van der Waals surface area contributed by atoms with E-state index < -0.39 is 12.0 Å². The Bertz CT molecular complexity index is 448. The van der Waals surface area contributed by atoms with Crippen molar-refractivity contribution in [2.24, 2.45) is 0 Å². The molecule has 0 unspecified atom stereocenters. The summed E-state index contributed by atoms with van der Waals surface area (Å²) in [6.07, 6.45) is 0.103. The second-order valence-electron chi connectivity index (χ2n) is 4.34. The summed E-state index contributed by atoms with van der Waals surface area (Å²) in [6, 6.07) is 7.14. The summed E-state index contributed by atoms with van der Waals surface area (Å²) >= 11 is 3.37. The predicted octanol–water partition coefficient (Wildman–Crippen LogP) is 1.95. The van der Waals surface area contributed by atoms with Gasteiger partial charge in [-0.25, -0.2) is 5.43 Å². The van der Waals surface area contributed by atoms with Gasteiger partial charge >= 0.3 is 5.97 Å². The van der Waals surface area contributed by atoms with Gasteiger partial charge in [-0.15, -0.1) is 0 Å². The van der Waals surface area contributed by atoms with E-state index in [1.54, 1.807) is 6.92 Å². The Morgan fingerprint density at radius 1 is 1.30 bits per heavy atom. The number of carbonyl (C=O) groups is 2. The highest BCUT2D eigenvalue weighted by molar-refractivity contribution is 9.10. The topological polar surface area (TPSA) is 67.4 Å². The summed E-state index contributed by atoms with van der Waals surface area (Å²) in [5.41, 5.74) is 6.85. The van der Waals surface area contributed by atoms with E-state index in [0.717, 1.165) is 10.0 Å². The van der Waals surface area contributed by atoms with Gasteiger partial charge in [0.25, 0.3) is 0 Å². The van der Waals surface area contributed by atoms with Crippen LogP contribution in [0.3, 0.4) is 0 Å². The maximum Gasteiger partial charge on any atom is 0.324 e. The monoisotopic (exact) mass is 342 g/mol. The highest BCUT2D eigenvalue weighted by Crippen LogP contribution is 2.10. The van der Waals surface area contributed by atoms with Crippen LogP contribution in [0.4, 0.5) is 0 Å². The first-order valence-electron chi connectivity index (χ1n) is 6.41. The van der Waals surface area contributed by atoms with Crippen molar-refractivity contribution in [1.82, 2.24) is 10.9 Å². The van der Waals surface area contributed by atoms with Crippen molar-refractivity contribution in [3.63, 3.8) is 0 Å². The van der Waals surface area contributed by atoms with E-state index in [-0.39, 0.29) is 12.2 Å². The van der Waals surface area contributed by atoms with Crippen LogP contribution >= 0.6 is 15.9 Å². The molecule has 0 fully saturated rings. The number of hydrogen-bond donors (Lipinski definition) is 2. The van der Waals surface area contributed by atoms with Crippen molar-refractivity contribution in [3.05, 3.63) is 34.3 Å². The SMILES string of the molecule is CCOC(=O)[C@@H](CC(C)=O)NNCc1ccc(Br)cc1. The standard InChI is InChI=1S/C14H19BrN2O3/c1-3-20-14(19)13(8-10(2)18)17-16-9-11-4-6-12(15)7-5-11/h4-7,13,16-17H,3,8-9H2,1-2H3/t13-/m1/s1. The molecule has 0 saturated heterocycles. The van der Waals surface area contributed by atoms with E-state index in [9.17, 15) is 9.59 Å². The van der Waals surface area contributed by atoms with Crippen LogP contribution in [0, 0.1) is 0 Å². The Kier molecular flexibility index (Phi) is 7.43. The molecule has 1 aromatic rings. The fourth-order valence-corrected chi connectivity index (χ4v) is 1.87. The van der Waals surface area contributed by atoms with Crippen molar-refractivity contribution in [2.75, 3.05) is 6.61 Å². The average molecular weight is 343 g/mol. The lowest BCUT2D eigenvalue weighted by atomic mass is 10.1. The number of halogens is 1. The first-order valence-corrected chi connectivity index (χ1v) is 7.21. The van der Waals surface area contributed by atoms with Crippen LogP contribution in [0.2, 0.25) is 0 Å². The van der Waals surface area contributed by atoms with Gasteiger partial charge in [-0.05, 0) is 31.5 Å². The highest BCUT2D eigenvalue weighted by atomic mass is 79.9. The molecule has 0 aliphatic carbocycles. The largest absolute Gasteiger partial charge is 0.465 e. The summed E-state index contributed by atoms with van der Waals surface area (Å²) in [5, 5.41) is 0. The van der Waals surface area contributed by atoms with Crippen LogP contribution in [-0.4, -0.2) is 24.4 Å². The number of esters is 1. The summed E-state index contributed by atoms with van der Waals surface area (Å²) in [5.74, 6) is -0.494. The highest BCUT2D eigenvalue weighted by Gasteiger charge is 2.20. The van der Waals surface area contributed by atoms with Crippen molar-refractivity contribution < 1.29 is 14.3 Å². The molecule has 0 aromatic heterocycles. The molecule has 1 aromatic carbocycles. The minimum Gasteiger partial charge on any atom is -0.465 e. The third kappa shape index (κ3) is 6.27. The Morgan fingerprint density at radius 3 is 2.50 bits per heavy atom. The number of ether oxygens (including phenoxy) is 1. The van der Waals surface area contributed by atoms with Gasteiger partial charge in [-0.3, -0.25) is 15.0 Å². The van der Waals surface area contributed by atoms with Crippen molar-refractivity contribution >= 4 is 27.7 Å². The molecule has 0 spiro atoms. The number of rotatable bonds is 8. The number of hydrogen-bond acceptors (Lipinski definition) is 5. The molecule has 20 heavy (non-hydrogen) atoms. The van der Waals surface area contributed by atoms with Gasteiger partial charge in [0.15, 0.2) is 0 Å². The smallest absolute Gasteiger partial charge is 0.324 e. The molecule has 0 aliphatic rings. The van der Waals surface area contributed by atoms with Crippen molar-refractivity contribution in [2.45, 2.75) is 32.9 Å². The molecule has 110 valence electrons. The number of hydrazine groups is 1. The molecule has 0 saturated carbocycles. The summed E-state index contributed by atoms with van der Waals surface area (Å²) in [4.78, 5) is 22.8. The van der Waals surface area contributed by atoms with Crippen LogP contribution in [0.25, 0.3) is 0 Å². The molecule has 2 N–H and O–H groups in total. The van der Waals surface area contributed by atoms with E-state index in [1.807, 2.05) is 24.3 Å². The van der Waals surface area contributed by atoms with Gasteiger partial charge < -0.3 is 4.74 Å². The Balaban J connectivity index is 2.47. The maximum absolute atomic E-state index is 11.7. The lowest BCUT2D eigenvalue weighted by molar-refractivity contribution is -0.147. The number of nitrogens with one attached hydrogen (secondary N) is 2. The predicted molar refractivity (Wildman–Crippen MR) is 79.8 cm³/mol. The number of carbonyl (C=O) groups excluding carboxylic acids is 2. The summed E-state index contributed by atoms with van der Waals surface area (Å²) in [7, 11) is 0. The zero-order chi connectivity index (χ0) is 15.0. The fraction of sp³-hybridized carbons (Fsp3) is 0.429. The molecule has 0 aliphatic heterocycles. The van der Waals surface area contributed by atoms with E-state index in [0.29, 0.717) is 13.2 Å². The van der Waals surface area contributed by atoms with Crippen LogP contribution in [0.15, 0.2) is 28.7 Å². The Hall–Kier alpha value is -1.24. The maximum atomic E-state index is 11.7. The number of benzene rings is 1. The van der Waals surface area contributed by atoms with Crippen LogP contribution in [0.1, 0.15) is 25.8 Å². The lowest BCUT2D eigenvalue weighted by Gasteiger charge is -2.16. The normalized spacial score (nSPS) is 11.9. The van der Waals surface area contributed by atoms with Gasteiger partial charge in [0.2, 0.25) is 0 Å². The van der Waals surface area contributed by atoms with Crippen molar-refractivity contribution in [3.8, 4) is 0 Å². The molecule has 5 nitrogen and oxygen atoms in total. The molecular weight excluding hydrogens is 324 g/mol. The summed E-state index contributed by atoms with van der Waals surface area (Å²) < 4.78 is 5.93. The molecule has 0 amide bonds. The number of Topliss-reactive ketones (excluding diaryl/α,β-unsaturated/α-hetero) is 1. The first kappa shape index (κ1) is 16.8. The van der Waals surface area contributed by atoms with Gasteiger partial charge in [-0.1, -0.05) is 28.1 Å². The van der Waals surface area contributed by atoms with Gasteiger partial charge in [0, 0.05) is 17.4 Å². The number of ketones is 1. The minimum atomic E-state index is -0.664. The molecule has 0 bridgehead atoms. The van der Waals surface area contributed by atoms with E-state index >= 15 is 0 Å². The van der Waals surface area contributed by atoms with Crippen LogP contribution < -0.4 is 10.9 Å². The second-order valence-corrected chi connectivity index (χ2v) is 5.25. The van der Waals surface area contributed by atoms with E-state index in [4.69, 9.17) is 4.74 Å². The van der Waals surface area contributed by atoms with Crippen LogP contribution in [0.5, 0.6) is 0 Å². The van der Waals surface area contributed by atoms with Crippen LogP contribution in [-0.2, 0) is 20.9 Å². The molecule has 0 radical (unpaired) electrons. The van der Waals surface area contributed by atoms with E-state index in [2.05, 4.69) is 26.8 Å². The lowest BCUT2D eigenvalue weighted by Crippen LogP contribution is -2.46. The van der Waals surface area contributed by atoms with Crippen molar-refractivity contribution in [1.29, 1.82) is 0 Å².